The monoisotopic (exact) mass is 233 g/mol. The van der Waals surface area contributed by atoms with Crippen LogP contribution in [0.25, 0.3) is 0 Å². The molecule has 1 atom stereocenters. The minimum Gasteiger partial charge on any atom is -0.387 e. The topological polar surface area (TPSA) is 33.1 Å². The Morgan fingerprint density at radius 3 is 2.69 bits per heavy atom. The van der Waals surface area contributed by atoms with Gasteiger partial charge in [-0.15, -0.1) is 0 Å². The smallest absolute Gasteiger partial charge is 0.387 e. The van der Waals surface area contributed by atoms with Crippen LogP contribution >= 0.6 is 0 Å². The lowest BCUT2D eigenvalue weighted by molar-refractivity contribution is -0.140. The van der Waals surface area contributed by atoms with Crippen molar-refractivity contribution >= 4 is 0 Å². The van der Waals surface area contributed by atoms with Gasteiger partial charge in [-0.3, -0.25) is 4.98 Å². The fraction of sp³-hybridized carbons (Fsp3) is 0.545. The Morgan fingerprint density at radius 1 is 1.44 bits per heavy atom. The van der Waals surface area contributed by atoms with Crippen LogP contribution in [0.3, 0.4) is 0 Å². The van der Waals surface area contributed by atoms with Crippen molar-refractivity contribution in [2.24, 2.45) is 0 Å². The minimum atomic E-state index is -4.23. The summed E-state index contributed by atoms with van der Waals surface area (Å²) >= 11 is 0. The van der Waals surface area contributed by atoms with Gasteiger partial charge in [0.05, 0.1) is 11.8 Å². The molecule has 0 aliphatic heterocycles. The first-order valence-corrected chi connectivity index (χ1v) is 5.12. The van der Waals surface area contributed by atoms with Crippen molar-refractivity contribution in [3.8, 4) is 0 Å². The average molecular weight is 233 g/mol. The first-order valence-electron chi connectivity index (χ1n) is 5.12. The maximum Gasteiger partial charge on any atom is 0.389 e. The van der Waals surface area contributed by atoms with E-state index in [0.29, 0.717) is 12.1 Å². The molecule has 0 aliphatic carbocycles. The first kappa shape index (κ1) is 13.0. The molecule has 1 rings (SSSR count). The second-order valence-electron chi connectivity index (χ2n) is 3.57. The average Bonchev–Trinajstić information content (AvgIpc) is 2.25. The van der Waals surface area contributed by atoms with E-state index in [0.717, 1.165) is 5.56 Å². The summed E-state index contributed by atoms with van der Waals surface area (Å²) in [6.07, 6.45) is -4.58. The molecular formula is C11H14F3NO. The molecule has 1 aromatic heterocycles. The summed E-state index contributed by atoms with van der Waals surface area (Å²) in [5, 5.41) is 9.63. The number of halogens is 3. The number of aryl methyl sites for hydroxylation is 1. The largest absolute Gasteiger partial charge is 0.389 e. The highest BCUT2D eigenvalue weighted by Gasteiger charge is 2.28. The molecular weight excluding hydrogens is 219 g/mol. The van der Waals surface area contributed by atoms with E-state index in [1.807, 2.05) is 6.92 Å². The van der Waals surface area contributed by atoms with Crippen molar-refractivity contribution in [3.63, 3.8) is 0 Å². The summed E-state index contributed by atoms with van der Waals surface area (Å²) in [5.74, 6) is 0. The van der Waals surface area contributed by atoms with E-state index in [4.69, 9.17) is 0 Å². The van der Waals surface area contributed by atoms with E-state index in [1.54, 1.807) is 12.1 Å². The van der Waals surface area contributed by atoms with Crippen molar-refractivity contribution in [2.75, 3.05) is 0 Å². The standard InChI is InChI=1S/C11H14F3NO/c1-2-8-4-3-7-15-10(8)9(16)5-6-11(12,13)14/h3-4,7,9,16H,2,5-6H2,1H3. The Balaban J connectivity index is 2.69. The number of hydrogen-bond donors (Lipinski definition) is 1. The summed E-state index contributed by atoms with van der Waals surface area (Å²) in [6, 6.07) is 3.47. The maximum atomic E-state index is 12.0. The second-order valence-corrected chi connectivity index (χ2v) is 3.57. The maximum absolute atomic E-state index is 12.0. The summed E-state index contributed by atoms with van der Waals surface area (Å²) < 4.78 is 35.9. The van der Waals surface area contributed by atoms with Crippen molar-refractivity contribution in [1.29, 1.82) is 0 Å². The van der Waals surface area contributed by atoms with E-state index >= 15 is 0 Å². The van der Waals surface area contributed by atoms with Crippen molar-refractivity contribution in [1.82, 2.24) is 4.98 Å². The van der Waals surface area contributed by atoms with Crippen LogP contribution in [0.4, 0.5) is 13.2 Å². The third kappa shape index (κ3) is 3.81. The van der Waals surface area contributed by atoms with Gasteiger partial charge in [0.15, 0.2) is 0 Å². The molecule has 1 aromatic rings. The van der Waals surface area contributed by atoms with Crippen LogP contribution in [0, 0.1) is 0 Å². The van der Waals surface area contributed by atoms with Crippen LogP contribution < -0.4 is 0 Å². The summed E-state index contributed by atoms with van der Waals surface area (Å²) in [6.45, 7) is 1.87. The third-order valence-corrected chi connectivity index (χ3v) is 2.32. The lowest BCUT2D eigenvalue weighted by atomic mass is 10.0. The van der Waals surface area contributed by atoms with Crippen LogP contribution in [0.5, 0.6) is 0 Å². The number of aliphatic hydroxyl groups excluding tert-OH is 1. The minimum absolute atomic E-state index is 0.340. The normalized spacial score (nSPS) is 13.8. The van der Waals surface area contributed by atoms with Gasteiger partial charge in [0.1, 0.15) is 0 Å². The number of aliphatic hydroxyl groups is 1. The highest BCUT2D eigenvalue weighted by atomic mass is 19.4. The van der Waals surface area contributed by atoms with Gasteiger partial charge in [0.2, 0.25) is 0 Å². The molecule has 2 nitrogen and oxygen atoms in total. The number of pyridine rings is 1. The van der Waals surface area contributed by atoms with E-state index in [2.05, 4.69) is 4.98 Å². The van der Waals surface area contributed by atoms with Crippen LogP contribution in [-0.4, -0.2) is 16.3 Å². The molecule has 16 heavy (non-hydrogen) atoms. The van der Waals surface area contributed by atoms with Gasteiger partial charge in [0.25, 0.3) is 0 Å². The molecule has 0 amide bonds. The predicted molar refractivity (Wildman–Crippen MR) is 53.9 cm³/mol. The quantitative estimate of drug-likeness (QED) is 0.867. The van der Waals surface area contributed by atoms with Crippen molar-refractivity contribution < 1.29 is 18.3 Å². The fourth-order valence-corrected chi connectivity index (χ4v) is 1.49. The zero-order valence-corrected chi connectivity index (χ0v) is 8.96. The van der Waals surface area contributed by atoms with Gasteiger partial charge >= 0.3 is 6.18 Å². The summed E-state index contributed by atoms with van der Waals surface area (Å²) in [4.78, 5) is 3.93. The van der Waals surface area contributed by atoms with Gasteiger partial charge in [-0.2, -0.15) is 13.2 Å². The molecule has 0 radical (unpaired) electrons. The Bertz CT molecular complexity index is 338. The highest BCUT2D eigenvalue weighted by Crippen LogP contribution is 2.27. The van der Waals surface area contributed by atoms with Crippen LogP contribution in [0.1, 0.15) is 37.1 Å². The molecule has 1 heterocycles. The molecule has 1 N–H and O–H groups in total. The molecule has 0 saturated carbocycles. The molecule has 5 heteroatoms. The van der Waals surface area contributed by atoms with Crippen LogP contribution in [0.2, 0.25) is 0 Å². The van der Waals surface area contributed by atoms with E-state index in [-0.39, 0.29) is 6.42 Å². The van der Waals surface area contributed by atoms with Crippen molar-refractivity contribution in [3.05, 3.63) is 29.6 Å². The molecule has 0 aliphatic rings. The van der Waals surface area contributed by atoms with Crippen LogP contribution in [-0.2, 0) is 6.42 Å². The molecule has 0 spiro atoms. The SMILES string of the molecule is CCc1cccnc1C(O)CCC(F)(F)F. The zero-order valence-electron chi connectivity index (χ0n) is 8.96. The first-order chi connectivity index (χ1) is 7.44. The number of hydrogen-bond acceptors (Lipinski definition) is 2. The van der Waals surface area contributed by atoms with Gasteiger partial charge in [-0.1, -0.05) is 13.0 Å². The molecule has 0 bridgehead atoms. The van der Waals surface area contributed by atoms with Gasteiger partial charge in [0, 0.05) is 12.6 Å². The van der Waals surface area contributed by atoms with Gasteiger partial charge in [-0.05, 0) is 24.5 Å². The summed E-state index contributed by atoms with van der Waals surface area (Å²) in [7, 11) is 0. The fourth-order valence-electron chi connectivity index (χ4n) is 1.49. The second kappa shape index (κ2) is 5.30. The molecule has 1 unspecified atom stereocenters. The Labute approximate surface area is 92.1 Å². The Morgan fingerprint density at radius 2 is 2.12 bits per heavy atom. The number of alkyl halides is 3. The van der Waals surface area contributed by atoms with Gasteiger partial charge < -0.3 is 5.11 Å². The lowest BCUT2D eigenvalue weighted by Crippen LogP contribution is -2.12. The Kier molecular flexibility index (Phi) is 4.29. The third-order valence-electron chi connectivity index (χ3n) is 2.32. The number of rotatable bonds is 4. The Hall–Kier alpha value is -1.10. The zero-order chi connectivity index (χ0) is 12.2. The predicted octanol–water partition coefficient (Wildman–Crippen LogP) is 3.02. The van der Waals surface area contributed by atoms with Crippen molar-refractivity contribution in [2.45, 2.75) is 38.5 Å². The van der Waals surface area contributed by atoms with Crippen LogP contribution in [0.15, 0.2) is 18.3 Å². The number of nitrogens with zero attached hydrogens (tertiary/aromatic N) is 1. The van der Waals surface area contributed by atoms with E-state index < -0.39 is 18.7 Å². The molecule has 90 valence electrons. The number of aromatic nitrogens is 1. The molecule has 0 saturated heterocycles. The van der Waals surface area contributed by atoms with Gasteiger partial charge in [-0.25, -0.2) is 0 Å². The highest BCUT2D eigenvalue weighted by molar-refractivity contribution is 5.21. The molecule has 0 aromatic carbocycles. The van der Waals surface area contributed by atoms with E-state index in [1.165, 1.54) is 6.20 Å². The summed E-state index contributed by atoms with van der Waals surface area (Å²) in [5.41, 5.74) is 1.14. The van der Waals surface area contributed by atoms with E-state index in [9.17, 15) is 18.3 Å². The lowest BCUT2D eigenvalue weighted by Gasteiger charge is -2.14. The molecule has 0 fully saturated rings.